The van der Waals surface area contributed by atoms with Crippen LogP contribution in [0.15, 0.2) is 47.7 Å². The normalized spacial score (nSPS) is 12.0. The first-order valence-electron chi connectivity index (χ1n) is 11.1. The number of aromatic nitrogens is 6. The second-order valence-corrected chi connectivity index (χ2v) is 10.5. The van der Waals surface area contributed by atoms with Gasteiger partial charge in [-0.2, -0.15) is 5.10 Å². The number of fused-ring (bicyclic) bond motifs is 3. The van der Waals surface area contributed by atoms with Gasteiger partial charge in [-0.15, -0.1) is 0 Å². The molecule has 0 spiro atoms. The second kappa shape index (κ2) is 8.05. The van der Waals surface area contributed by atoms with E-state index in [1.54, 1.807) is 53.2 Å². The van der Waals surface area contributed by atoms with E-state index in [0.29, 0.717) is 22.6 Å². The fraction of sp³-hybridized carbons (Fsp3) is 0.250. The van der Waals surface area contributed by atoms with Gasteiger partial charge in [0.25, 0.3) is 0 Å². The molecule has 4 heterocycles. The Morgan fingerprint density at radius 3 is 2.46 bits per heavy atom. The number of anilines is 1. The van der Waals surface area contributed by atoms with E-state index in [2.05, 4.69) is 19.8 Å². The van der Waals surface area contributed by atoms with Crippen molar-refractivity contribution in [2.75, 3.05) is 10.5 Å². The lowest BCUT2D eigenvalue weighted by molar-refractivity contribution is 0.602. The molecule has 0 aliphatic carbocycles. The van der Waals surface area contributed by atoms with Crippen LogP contribution in [0.2, 0.25) is 0 Å². The van der Waals surface area contributed by atoms with Crippen LogP contribution in [0.1, 0.15) is 18.3 Å². The van der Waals surface area contributed by atoms with Gasteiger partial charge in [-0.25, -0.2) is 13.2 Å². The Balaban J connectivity index is 1.77. The number of sulfonamides is 1. The van der Waals surface area contributed by atoms with E-state index in [1.165, 1.54) is 0 Å². The highest BCUT2D eigenvalue weighted by molar-refractivity contribution is 7.92. The average molecular weight is 492 g/mol. The number of hydrogen-bond acceptors (Lipinski definition) is 6. The first-order valence-corrected chi connectivity index (χ1v) is 12.7. The van der Waals surface area contributed by atoms with Crippen molar-refractivity contribution in [3.05, 3.63) is 64.7 Å². The van der Waals surface area contributed by atoms with Crippen LogP contribution in [-0.2, 0) is 24.1 Å². The molecular formula is C24H25N7O3S. The van der Waals surface area contributed by atoms with E-state index in [4.69, 9.17) is 0 Å². The van der Waals surface area contributed by atoms with Crippen molar-refractivity contribution in [2.24, 2.45) is 14.1 Å². The van der Waals surface area contributed by atoms with Gasteiger partial charge in [-0.05, 0) is 44.5 Å². The molecule has 0 fully saturated rings. The van der Waals surface area contributed by atoms with Gasteiger partial charge in [0.15, 0.2) is 0 Å². The molecule has 0 atom stereocenters. The van der Waals surface area contributed by atoms with Crippen LogP contribution in [0.25, 0.3) is 38.8 Å². The highest BCUT2D eigenvalue weighted by Crippen LogP contribution is 2.31. The summed E-state index contributed by atoms with van der Waals surface area (Å²) < 4.78 is 31.8. The Morgan fingerprint density at radius 1 is 1.00 bits per heavy atom. The Labute approximate surface area is 201 Å². The molecule has 1 N–H and O–H groups in total. The van der Waals surface area contributed by atoms with E-state index in [1.807, 2.05) is 38.4 Å². The molecule has 0 saturated heterocycles. The number of nitrogens with zero attached hydrogens (tertiary/aromatic N) is 6. The Bertz CT molecular complexity index is 1800. The quantitative estimate of drug-likeness (QED) is 0.404. The molecule has 1 aromatic carbocycles. The van der Waals surface area contributed by atoms with Crippen LogP contribution in [-0.4, -0.2) is 43.1 Å². The number of rotatable bonds is 5. The minimum absolute atomic E-state index is 0.0322. The maximum absolute atomic E-state index is 13.3. The summed E-state index contributed by atoms with van der Waals surface area (Å²) in [6.07, 6.45) is 5.23. The maximum Gasteiger partial charge on any atom is 0.333 e. The Kier molecular flexibility index (Phi) is 5.24. The second-order valence-electron chi connectivity index (χ2n) is 8.54. The molecule has 4 aromatic heterocycles. The molecule has 0 aliphatic heterocycles. The number of benzene rings is 1. The van der Waals surface area contributed by atoms with Gasteiger partial charge in [0, 0.05) is 37.4 Å². The molecule has 0 amide bonds. The molecule has 0 unspecified atom stereocenters. The van der Waals surface area contributed by atoms with Crippen molar-refractivity contribution in [2.45, 2.75) is 20.8 Å². The fourth-order valence-corrected chi connectivity index (χ4v) is 4.93. The van der Waals surface area contributed by atoms with Crippen molar-refractivity contribution < 1.29 is 8.42 Å². The van der Waals surface area contributed by atoms with E-state index in [-0.39, 0.29) is 11.4 Å². The number of nitrogens with one attached hydrogen (secondary N) is 1. The van der Waals surface area contributed by atoms with Gasteiger partial charge in [0.2, 0.25) is 10.0 Å². The summed E-state index contributed by atoms with van der Waals surface area (Å²) in [7, 11) is 0.0945. The molecule has 0 bridgehead atoms. The summed E-state index contributed by atoms with van der Waals surface area (Å²) in [4.78, 5) is 22.2. The van der Waals surface area contributed by atoms with Gasteiger partial charge >= 0.3 is 5.69 Å². The summed E-state index contributed by atoms with van der Waals surface area (Å²) in [6.45, 7) is 5.20. The van der Waals surface area contributed by atoms with Crippen molar-refractivity contribution in [1.82, 2.24) is 28.9 Å². The van der Waals surface area contributed by atoms with Gasteiger partial charge < -0.3 is 0 Å². The SMILES string of the molecule is CCS(=O)(=O)Nc1cc(-c2ccc3ncc4c(c3c2)n(-c2cn(C)nc2C)c(=O)n4C)cnc1C. The molecule has 0 radical (unpaired) electrons. The standard InChI is InChI=1S/C24H25N7O3S/c1-6-35(33,34)28-20-10-17(11-25-14(20)2)16-7-8-19-18(9-16)23-21(12-26-19)30(5)24(32)31(23)22-13-29(4)27-15(22)3/h7-13,28H,6H2,1-5H3. The largest absolute Gasteiger partial charge is 0.333 e. The molecule has 11 heteroatoms. The summed E-state index contributed by atoms with van der Waals surface area (Å²) in [6, 6.07) is 7.52. The summed E-state index contributed by atoms with van der Waals surface area (Å²) in [5, 5.41) is 5.20. The van der Waals surface area contributed by atoms with Gasteiger partial charge in [0.1, 0.15) is 0 Å². The van der Waals surface area contributed by atoms with Gasteiger partial charge in [-0.1, -0.05) is 6.07 Å². The summed E-state index contributed by atoms with van der Waals surface area (Å²) >= 11 is 0. The maximum atomic E-state index is 13.3. The Hall–Kier alpha value is -3.99. The predicted octanol–water partition coefficient (Wildman–Crippen LogP) is 3.05. The van der Waals surface area contributed by atoms with Crippen molar-refractivity contribution in [1.29, 1.82) is 0 Å². The van der Waals surface area contributed by atoms with Crippen LogP contribution < -0.4 is 10.4 Å². The van der Waals surface area contributed by atoms with E-state index in [9.17, 15) is 13.2 Å². The Morgan fingerprint density at radius 2 is 1.77 bits per heavy atom. The van der Waals surface area contributed by atoms with E-state index in [0.717, 1.165) is 33.2 Å². The zero-order valence-electron chi connectivity index (χ0n) is 20.1. The van der Waals surface area contributed by atoms with Crippen LogP contribution >= 0.6 is 0 Å². The minimum Gasteiger partial charge on any atom is -0.293 e. The molecule has 0 aliphatic rings. The van der Waals surface area contributed by atoms with Crippen LogP contribution in [0, 0.1) is 13.8 Å². The van der Waals surface area contributed by atoms with Crippen LogP contribution in [0.5, 0.6) is 0 Å². The van der Waals surface area contributed by atoms with Crippen LogP contribution in [0.3, 0.4) is 0 Å². The smallest absolute Gasteiger partial charge is 0.293 e. The molecule has 5 aromatic rings. The monoisotopic (exact) mass is 491 g/mol. The molecule has 10 nitrogen and oxygen atoms in total. The van der Waals surface area contributed by atoms with Crippen molar-refractivity contribution in [3.63, 3.8) is 0 Å². The van der Waals surface area contributed by atoms with E-state index >= 15 is 0 Å². The lowest BCUT2D eigenvalue weighted by atomic mass is 10.0. The minimum atomic E-state index is -3.45. The lowest BCUT2D eigenvalue weighted by Crippen LogP contribution is -2.21. The number of aryl methyl sites for hydroxylation is 4. The molecule has 35 heavy (non-hydrogen) atoms. The number of imidazole rings is 1. The first-order chi connectivity index (χ1) is 16.6. The third kappa shape index (κ3) is 3.77. The molecule has 5 rings (SSSR count). The van der Waals surface area contributed by atoms with E-state index < -0.39 is 10.0 Å². The third-order valence-electron chi connectivity index (χ3n) is 6.18. The number of hydrogen-bond donors (Lipinski definition) is 1. The molecule has 180 valence electrons. The number of pyridine rings is 2. The van der Waals surface area contributed by atoms with Gasteiger partial charge in [-0.3, -0.25) is 28.5 Å². The predicted molar refractivity (Wildman–Crippen MR) is 136 cm³/mol. The third-order valence-corrected chi connectivity index (χ3v) is 7.47. The first kappa shape index (κ1) is 22.8. The fourth-order valence-electron chi connectivity index (χ4n) is 4.24. The molecule has 0 saturated carbocycles. The summed E-state index contributed by atoms with van der Waals surface area (Å²) in [5.74, 6) is -0.0322. The van der Waals surface area contributed by atoms with Crippen molar-refractivity contribution >= 4 is 37.6 Å². The highest BCUT2D eigenvalue weighted by atomic mass is 32.2. The zero-order chi connectivity index (χ0) is 25.1. The van der Waals surface area contributed by atoms with Gasteiger partial charge in [0.05, 0.1) is 51.3 Å². The highest BCUT2D eigenvalue weighted by Gasteiger charge is 2.19. The lowest BCUT2D eigenvalue weighted by Gasteiger charge is -2.11. The molecular weight excluding hydrogens is 466 g/mol. The van der Waals surface area contributed by atoms with Crippen LogP contribution in [0.4, 0.5) is 5.69 Å². The van der Waals surface area contributed by atoms with Crippen molar-refractivity contribution in [3.8, 4) is 16.8 Å². The zero-order valence-corrected chi connectivity index (χ0v) is 20.9. The topological polar surface area (TPSA) is 117 Å². The summed E-state index contributed by atoms with van der Waals surface area (Å²) in [5.41, 5.74) is 5.98. The average Bonchev–Trinajstić information content (AvgIpc) is 3.29.